The van der Waals surface area contributed by atoms with Crippen LogP contribution in [-0.4, -0.2) is 25.9 Å². The van der Waals surface area contributed by atoms with E-state index in [1.54, 1.807) is 44.2 Å². The zero-order valence-electron chi connectivity index (χ0n) is 12.7. The molecule has 0 unspecified atom stereocenters. The molecular formula is C17H19NO3S. The summed E-state index contributed by atoms with van der Waals surface area (Å²) in [7, 11) is 3.15. The van der Waals surface area contributed by atoms with E-state index in [2.05, 4.69) is 17.4 Å². The van der Waals surface area contributed by atoms with E-state index in [1.165, 1.54) is 5.56 Å². The molecule has 2 aromatic carbocycles. The highest BCUT2D eigenvalue weighted by molar-refractivity contribution is 7.99. The Balaban J connectivity index is 1.84. The Morgan fingerprint density at radius 1 is 1.05 bits per heavy atom. The molecular weight excluding hydrogens is 298 g/mol. The number of hydrogen-bond donors (Lipinski definition) is 1. The lowest BCUT2D eigenvalue weighted by molar-refractivity contribution is -0.113. The molecule has 0 fully saturated rings. The van der Waals surface area contributed by atoms with Crippen molar-refractivity contribution in [1.29, 1.82) is 0 Å². The Kier molecular flexibility index (Phi) is 6.15. The summed E-state index contributed by atoms with van der Waals surface area (Å²) in [4.78, 5) is 12.0. The Labute approximate surface area is 134 Å². The van der Waals surface area contributed by atoms with Crippen molar-refractivity contribution in [3.63, 3.8) is 0 Å². The molecule has 0 atom stereocenters. The molecule has 0 heterocycles. The third-order valence-corrected chi connectivity index (χ3v) is 4.02. The van der Waals surface area contributed by atoms with E-state index in [1.807, 2.05) is 18.2 Å². The highest BCUT2D eigenvalue weighted by Gasteiger charge is 2.07. The first-order chi connectivity index (χ1) is 10.7. The standard InChI is InChI=1S/C17H19NO3S/c1-20-15-9-8-14(10-16(15)21-2)18-17(19)12-22-11-13-6-4-3-5-7-13/h3-10H,11-12H2,1-2H3,(H,18,19). The lowest BCUT2D eigenvalue weighted by Crippen LogP contribution is -2.14. The van der Waals surface area contributed by atoms with Gasteiger partial charge in [-0.25, -0.2) is 0 Å². The van der Waals surface area contributed by atoms with E-state index >= 15 is 0 Å². The number of carbonyl (C=O) groups excluding carboxylic acids is 1. The predicted molar refractivity (Wildman–Crippen MR) is 90.8 cm³/mol. The predicted octanol–water partition coefficient (Wildman–Crippen LogP) is 3.58. The van der Waals surface area contributed by atoms with Crippen LogP contribution in [0.3, 0.4) is 0 Å². The van der Waals surface area contributed by atoms with Crippen LogP contribution in [0.5, 0.6) is 11.5 Å². The fraction of sp³-hybridized carbons (Fsp3) is 0.235. The lowest BCUT2D eigenvalue weighted by atomic mass is 10.2. The SMILES string of the molecule is COc1ccc(NC(=O)CSCc2ccccc2)cc1OC. The molecule has 0 spiro atoms. The second kappa shape index (κ2) is 8.34. The first-order valence-electron chi connectivity index (χ1n) is 6.86. The Morgan fingerprint density at radius 2 is 1.77 bits per heavy atom. The molecule has 0 saturated carbocycles. The van der Waals surface area contributed by atoms with Gasteiger partial charge in [0.15, 0.2) is 11.5 Å². The van der Waals surface area contributed by atoms with Gasteiger partial charge in [0.2, 0.25) is 5.91 Å². The van der Waals surface area contributed by atoms with Crippen molar-refractivity contribution in [2.24, 2.45) is 0 Å². The smallest absolute Gasteiger partial charge is 0.234 e. The monoisotopic (exact) mass is 317 g/mol. The summed E-state index contributed by atoms with van der Waals surface area (Å²) in [6.07, 6.45) is 0. The normalized spacial score (nSPS) is 10.1. The number of thioether (sulfide) groups is 1. The fourth-order valence-corrected chi connectivity index (χ4v) is 2.73. The summed E-state index contributed by atoms with van der Waals surface area (Å²) >= 11 is 1.58. The number of methoxy groups -OCH3 is 2. The summed E-state index contributed by atoms with van der Waals surface area (Å²) in [5, 5.41) is 2.86. The Morgan fingerprint density at radius 3 is 2.45 bits per heavy atom. The lowest BCUT2D eigenvalue weighted by Gasteiger charge is -2.10. The molecule has 1 N–H and O–H groups in total. The number of hydrogen-bond acceptors (Lipinski definition) is 4. The molecule has 0 aromatic heterocycles. The second-order valence-electron chi connectivity index (χ2n) is 4.60. The van der Waals surface area contributed by atoms with Crippen LogP contribution in [0.2, 0.25) is 0 Å². The van der Waals surface area contributed by atoms with Crippen molar-refractivity contribution >= 4 is 23.4 Å². The van der Waals surface area contributed by atoms with Crippen LogP contribution in [-0.2, 0) is 10.5 Å². The van der Waals surface area contributed by atoms with Gasteiger partial charge in [-0.05, 0) is 17.7 Å². The highest BCUT2D eigenvalue weighted by Crippen LogP contribution is 2.29. The minimum Gasteiger partial charge on any atom is -0.493 e. The maximum absolute atomic E-state index is 12.0. The molecule has 5 heteroatoms. The highest BCUT2D eigenvalue weighted by atomic mass is 32.2. The molecule has 22 heavy (non-hydrogen) atoms. The second-order valence-corrected chi connectivity index (χ2v) is 5.58. The van der Waals surface area contributed by atoms with Crippen LogP contribution in [0, 0.1) is 0 Å². The maximum Gasteiger partial charge on any atom is 0.234 e. The topological polar surface area (TPSA) is 47.6 Å². The van der Waals surface area contributed by atoms with E-state index in [4.69, 9.17) is 9.47 Å². The zero-order chi connectivity index (χ0) is 15.8. The summed E-state index contributed by atoms with van der Waals surface area (Å²) in [5.74, 6) is 2.42. The van der Waals surface area contributed by atoms with Crippen LogP contribution in [0.15, 0.2) is 48.5 Å². The third kappa shape index (κ3) is 4.70. The van der Waals surface area contributed by atoms with Crippen molar-refractivity contribution in [3.05, 3.63) is 54.1 Å². The fourth-order valence-electron chi connectivity index (χ4n) is 1.95. The Bertz CT molecular complexity index is 617. The summed E-state index contributed by atoms with van der Waals surface area (Å²) in [6.45, 7) is 0. The van der Waals surface area contributed by atoms with Gasteiger partial charge < -0.3 is 14.8 Å². The first-order valence-corrected chi connectivity index (χ1v) is 8.02. The molecule has 0 bridgehead atoms. The molecule has 0 saturated heterocycles. The largest absolute Gasteiger partial charge is 0.493 e. The molecule has 0 aliphatic carbocycles. The van der Waals surface area contributed by atoms with Crippen molar-refractivity contribution < 1.29 is 14.3 Å². The van der Waals surface area contributed by atoms with Gasteiger partial charge in [0.1, 0.15) is 0 Å². The van der Waals surface area contributed by atoms with Crippen molar-refractivity contribution in [2.75, 3.05) is 25.3 Å². The van der Waals surface area contributed by atoms with Crippen LogP contribution < -0.4 is 14.8 Å². The summed E-state index contributed by atoms with van der Waals surface area (Å²) < 4.78 is 10.4. The van der Waals surface area contributed by atoms with E-state index < -0.39 is 0 Å². The van der Waals surface area contributed by atoms with Gasteiger partial charge in [-0.3, -0.25) is 4.79 Å². The average Bonchev–Trinajstić information content (AvgIpc) is 2.55. The number of ether oxygens (including phenoxy) is 2. The van der Waals surface area contributed by atoms with E-state index in [0.717, 1.165) is 5.75 Å². The quantitative estimate of drug-likeness (QED) is 0.848. The molecule has 2 aromatic rings. The first kappa shape index (κ1) is 16.2. The number of carbonyl (C=O) groups is 1. The van der Waals surface area contributed by atoms with E-state index in [-0.39, 0.29) is 5.91 Å². The maximum atomic E-state index is 12.0. The molecule has 116 valence electrons. The van der Waals surface area contributed by atoms with Crippen molar-refractivity contribution in [1.82, 2.24) is 0 Å². The number of amides is 1. The molecule has 0 aliphatic rings. The minimum atomic E-state index is -0.0341. The van der Waals surface area contributed by atoms with Gasteiger partial charge >= 0.3 is 0 Å². The third-order valence-electron chi connectivity index (χ3n) is 3.01. The molecule has 1 amide bonds. The molecule has 0 aliphatic heterocycles. The Hall–Kier alpha value is -2.14. The van der Waals surface area contributed by atoms with Crippen LogP contribution in [0.4, 0.5) is 5.69 Å². The van der Waals surface area contributed by atoms with Gasteiger partial charge in [-0.2, -0.15) is 0 Å². The van der Waals surface area contributed by atoms with Crippen molar-refractivity contribution in [3.8, 4) is 11.5 Å². The van der Waals surface area contributed by atoms with Crippen molar-refractivity contribution in [2.45, 2.75) is 5.75 Å². The molecule has 2 rings (SSSR count). The summed E-state index contributed by atoms with van der Waals surface area (Å²) in [5.41, 5.74) is 1.91. The number of rotatable bonds is 7. The van der Waals surface area contributed by atoms with Gasteiger partial charge in [-0.15, -0.1) is 11.8 Å². The van der Waals surface area contributed by atoms with Gasteiger partial charge in [0.05, 0.1) is 20.0 Å². The van der Waals surface area contributed by atoms with Gasteiger partial charge in [0, 0.05) is 17.5 Å². The molecule has 0 radical (unpaired) electrons. The van der Waals surface area contributed by atoms with Crippen LogP contribution in [0.1, 0.15) is 5.56 Å². The van der Waals surface area contributed by atoms with E-state index in [0.29, 0.717) is 22.9 Å². The van der Waals surface area contributed by atoms with Gasteiger partial charge in [-0.1, -0.05) is 30.3 Å². The average molecular weight is 317 g/mol. The number of anilines is 1. The van der Waals surface area contributed by atoms with Crippen LogP contribution >= 0.6 is 11.8 Å². The molecule has 4 nitrogen and oxygen atoms in total. The zero-order valence-corrected chi connectivity index (χ0v) is 13.5. The summed E-state index contributed by atoms with van der Waals surface area (Å²) in [6, 6.07) is 15.4. The number of nitrogens with one attached hydrogen (secondary N) is 1. The van der Waals surface area contributed by atoms with E-state index in [9.17, 15) is 4.79 Å². The van der Waals surface area contributed by atoms with Crippen LogP contribution in [0.25, 0.3) is 0 Å². The minimum absolute atomic E-state index is 0.0341. The van der Waals surface area contributed by atoms with Gasteiger partial charge in [0.25, 0.3) is 0 Å². The number of benzene rings is 2.